The van der Waals surface area contributed by atoms with Crippen LogP contribution in [0.2, 0.25) is 5.28 Å². The van der Waals surface area contributed by atoms with Gasteiger partial charge in [-0.25, -0.2) is 9.97 Å². The van der Waals surface area contributed by atoms with Crippen LogP contribution in [0.1, 0.15) is 41.9 Å². The van der Waals surface area contributed by atoms with Gasteiger partial charge in [-0.15, -0.1) is 0 Å². The number of nitrogens with one attached hydrogen (secondary N) is 1. The van der Waals surface area contributed by atoms with E-state index in [1.807, 2.05) is 25.1 Å². The van der Waals surface area contributed by atoms with Gasteiger partial charge >= 0.3 is 5.97 Å². The molecule has 26 heavy (non-hydrogen) atoms. The molecule has 1 atom stereocenters. The Morgan fingerprint density at radius 1 is 1.46 bits per heavy atom. The number of nitrogens with zero attached hydrogens (tertiary/aromatic N) is 2. The monoisotopic (exact) mass is 375 g/mol. The number of fused-ring (bicyclic) bond motifs is 1. The number of aliphatic carboxylic acids is 1. The lowest BCUT2D eigenvalue weighted by molar-refractivity contribution is -0.137. The molecular weight excluding hydrogens is 354 g/mol. The van der Waals surface area contributed by atoms with E-state index in [1.54, 1.807) is 6.20 Å². The molecule has 2 N–H and O–H groups in total. The minimum absolute atomic E-state index is 0.128. The Bertz CT molecular complexity index is 798. The molecule has 0 saturated heterocycles. The zero-order valence-electron chi connectivity index (χ0n) is 14.7. The lowest BCUT2D eigenvalue weighted by Gasteiger charge is -2.11. The summed E-state index contributed by atoms with van der Waals surface area (Å²) >= 11 is 5.80. The Kier molecular flexibility index (Phi) is 5.93. The normalized spacial score (nSPS) is 15.5. The first-order valence-corrected chi connectivity index (χ1v) is 9.11. The highest BCUT2D eigenvalue weighted by Gasteiger charge is 2.24. The van der Waals surface area contributed by atoms with Crippen molar-refractivity contribution in [1.29, 1.82) is 0 Å². The van der Waals surface area contributed by atoms with E-state index in [0.29, 0.717) is 6.61 Å². The summed E-state index contributed by atoms with van der Waals surface area (Å²) in [5.41, 5.74) is 3.31. The number of rotatable bonds is 8. The van der Waals surface area contributed by atoms with Gasteiger partial charge in [0.05, 0.1) is 13.0 Å². The lowest BCUT2D eigenvalue weighted by atomic mass is 9.98. The van der Waals surface area contributed by atoms with Crippen molar-refractivity contribution >= 4 is 23.4 Å². The highest BCUT2D eigenvalue weighted by molar-refractivity contribution is 6.28. The average Bonchev–Trinajstić information content (AvgIpc) is 2.99. The smallest absolute Gasteiger partial charge is 0.303 e. The molecule has 1 aliphatic rings. The lowest BCUT2D eigenvalue weighted by Crippen LogP contribution is -2.09. The Labute approximate surface area is 157 Å². The third-order valence-corrected chi connectivity index (χ3v) is 4.74. The van der Waals surface area contributed by atoms with E-state index < -0.39 is 5.97 Å². The van der Waals surface area contributed by atoms with E-state index >= 15 is 0 Å². The highest BCUT2D eigenvalue weighted by atomic mass is 35.5. The quantitative estimate of drug-likeness (QED) is 0.539. The van der Waals surface area contributed by atoms with Crippen LogP contribution in [-0.4, -0.2) is 34.2 Å². The molecule has 0 spiro atoms. The molecule has 138 valence electrons. The van der Waals surface area contributed by atoms with Gasteiger partial charge in [-0.1, -0.05) is 6.07 Å². The van der Waals surface area contributed by atoms with Crippen LogP contribution in [-0.2, 0) is 11.2 Å². The topological polar surface area (TPSA) is 84.3 Å². The Morgan fingerprint density at radius 2 is 2.31 bits per heavy atom. The molecule has 3 rings (SSSR count). The first kappa shape index (κ1) is 18.5. The van der Waals surface area contributed by atoms with Crippen LogP contribution in [0.4, 0.5) is 5.82 Å². The van der Waals surface area contributed by atoms with Gasteiger partial charge in [-0.2, -0.15) is 0 Å². The zero-order chi connectivity index (χ0) is 18.5. The van der Waals surface area contributed by atoms with Crippen LogP contribution in [0.5, 0.6) is 5.75 Å². The van der Waals surface area contributed by atoms with E-state index in [-0.39, 0.29) is 17.6 Å². The number of ether oxygens (including phenoxy) is 1. The minimum Gasteiger partial charge on any atom is -0.494 e. The number of carboxylic acid groups (broad SMARTS) is 1. The van der Waals surface area contributed by atoms with E-state index in [9.17, 15) is 4.79 Å². The molecule has 0 amide bonds. The third-order valence-electron chi connectivity index (χ3n) is 4.56. The maximum absolute atomic E-state index is 10.9. The summed E-state index contributed by atoms with van der Waals surface area (Å²) in [4.78, 5) is 19.0. The molecule has 2 aromatic rings. The largest absolute Gasteiger partial charge is 0.494 e. The average molecular weight is 376 g/mol. The maximum atomic E-state index is 10.9. The summed E-state index contributed by atoms with van der Waals surface area (Å²) in [5, 5.41) is 12.5. The molecule has 0 bridgehead atoms. The summed E-state index contributed by atoms with van der Waals surface area (Å²) in [6.07, 6.45) is 4.52. The summed E-state index contributed by atoms with van der Waals surface area (Å²) < 4.78 is 5.82. The van der Waals surface area contributed by atoms with Gasteiger partial charge in [0.2, 0.25) is 5.28 Å². The second kappa shape index (κ2) is 8.36. The number of aromatic nitrogens is 2. The minimum atomic E-state index is -0.740. The predicted octanol–water partition coefficient (Wildman–Crippen LogP) is 3.82. The summed E-state index contributed by atoms with van der Waals surface area (Å²) in [7, 11) is 0. The number of aryl methyl sites for hydroxylation is 2. The molecule has 1 aromatic carbocycles. The van der Waals surface area contributed by atoms with E-state index in [1.165, 1.54) is 5.56 Å². The highest BCUT2D eigenvalue weighted by Crippen LogP contribution is 2.37. The van der Waals surface area contributed by atoms with Crippen molar-refractivity contribution in [3.8, 4) is 5.75 Å². The van der Waals surface area contributed by atoms with Crippen molar-refractivity contribution < 1.29 is 14.6 Å². The van der Waals surface area contributed by atoms with Crippen molar-refractivity contribution in [3.05, 3.63) is 46.4 Å². The molecule has 7 heteroatoms. The fourth-order valence-electron chi connectivity index (χ4n) is 3.26. The molecule has 1 heterocycles. The predicted molar refractivity (Wildman–Crippen MR) is 100 cm³/mol. The van der Waals surface area contributed by atoms with Crippen molar-refractivity contribution in [2.24, 2.45) is 0 Å². The number of hydrogen-bond acceptors (Lipinski definition) is 5. The molecule has 0 radical (unpaired) electrons. The fraction of sp³-hybridized carbons (Fsp3) is 0.421. The van der Waals surface area contributed by atoms with Crippen LogP contribution in [0.15, 0.2) is 24.4 Å². The van der Waals surface area contributed by atoms with Gasteiger partial charge in [0.15, 0.2) is 0 Å². The summed E-state index contributed by atoms with van der Waals surface area (Å²) in [5.74, 6) is 0.965. The number of halogens is 1. The summed E-state index contributed by atoms with van der Waals surface area (Å²) in [6, 6.07) is 5.98. The van der Waals surface area contributed by atoms with Crippen molar-refractivity contribution in [2.45, 2.75) is 38.5 Å². The number of benzene rings is 1. The molecule has 0 saturated carbocycles. The van der Waals surface area contributed by atoms with Crippen molar-refractivity contribution in [2.75, 3.05) is 18.5 Å². The molecule has 6 nitrogen and oxygen atoms in total. The first-order chi connectivity index (χ1) is 12.5. The van der Waals surface area contributed by atoms with Gasteiger partial charge in [-0.05, 0) is 67.0 Å². The molecule has 1 aliphatic carbocycles. The van der Waals surface area contributed by atoms with E-state index in [0.717, 1.165) is 48.5 Å². The number of carboxylic acids is 1. The van der Waals surface area contributed by atoms with E-state index in [2.05, 4.69) is 15.3 Å². The number of hydrogen-bond donors (Lipinski definition) is 2. The Morgan fingerprint density at radius 3 is 3.12 bits per heavy atom. The van der Waals surface area contributed by atoms with Crippen molar-refractivity contribution in [1.82, 2.24) is 9.97 Å². The van der Waals surface area contributed by atoms with Gasteiger partial charge in [-0.3, -0.25) is 4.79 Å². The SMILES string of the molecule is Cc1cnc(Cl)nc1NCCCOc1ccc2c(c1)CC[C@H]2CC(=O)O. The van der Waals surface area contributed by atoms with Gasteiger partial charge in [0.1, 0.15) is 11.6 Å². The standard InChI is InChI=1S/C19H22ClN3O3/c1-12-11-22-19(20)23-18(12)21-7-2-8-26-15-5-6-16-13(9-15)3-4-14(16)10-17(24)25/h5-6,9,11,14H,2-4,7-8,10H2,1H3,(H,24,25)(H,21,22,23)/t14-/m0/s1. The van der Waals surface area contributed by atoms with Crippen LogP contribution >= 0.6 is 11.6 Å². The van der Waals surface area contributed by atoms with Crippen LogP contribution in [0.25, 0.3) is 0 Å². The maximum Gasteiger partial charge on any atom is 0.303 e. The van der Waals surface area contributed by atoms with Crippen LogP contribution in [0.3, 0.4) is 0 Å². The Balaban J connectivity index is 1.46. The van der Waals surface area contributed by atoms with Crippen molar-refractivity contribution in [3.63, 3.8) is 0 Å². The second-order valence-electron chi connectivity index (χ2n) is 6.49. The fourth-order valence-corrected chi connectivity index (χ4v) is 3.40. The van der Waals surface area contributed by atoms with Gasteiger partial charge < -0.3 is 15.2 Å². The van der Waals surface area contributed by atoms with E-state index in [4.69, 9.17) is 21.4 Å². The molecular formula is C19H22ClN3O3. The van der Waals surface area contributed by atoms with Gasteiger partial charge in [0.25, 0.3) is 0 Å². The summed E-state index contributed by atoms with van der Waals surface area (Å²) in [6.45, 7) is 3.24. The first-order valence-electron chi connectivity index (χ1n) is 8.73. The van der Waals surface area contributed by atoms with Crippen LogP contribution < -0.4 is 10.1 Å². The van der Waals surface area contributed by atoms with Gasteiger partial charge in [0, 0.05) is 18.3 Å². The Hall–Kier alpha value is -2.34. The molecule has 0 aliphatic heterocycles. The second-order valence-corrected chi connectivity index (χ2v) is 6.83. The molecule has 1 aromatic heterocycles. The molecule has 0 fully saturated rings. The number of anilines is 1. The number of carbonyl (C=O) groups is 1. The molecule has 0 unspecified atom stereocenters. The van der Waals surface area contributed by atoms with Crippen LogP contribution in [0, 0.1) is 6.92 Å². The zero-order valence-corrected chi connectivity index (χ0v) is 15.4. The third kappa shape index (κ3) is 4.64.